The van der Waals surface area contributed by atoms with Crippen LogP contribution in [0.5, 0.6) is 0 Å². The molecule has 1 aliphatic rings. The van der Waals surface area contributed by atoms with E-state index in [1.54, 1.807) is 10.9 Å². The number of piperazine rings is 1. The number of halogens is 2. The summed E-state index contributed by atoms with van der Waals surface area (Å²) in [6.07, 6.45) is 1.59. The summed E-state index contributed by atoms with van der Waals surface area (Å²) >= 11 is 0. The van der Waals surface area contributed by atoms with Gasteiger partial charge in [-0.25, -0.2) is 8.78 Å². The Morgan fingerprint density at radius 1 is 1.20 bits per heavy atom. The Labute approximate surface area is 144 Å². The monoisotopic (exact) mass is 350 g/mol. The van der Waals surface area contributed by atoms with E-state index in [0.29, 0.717) is 12.1 Å². The summed E-state index contributed by atoms with van der Waals surface area (Å²) in [5.41, 5.74) is 0.668. The second kappa shape index (κ2) is 8.13. The van der Waals surface area contributed by atoms with E-state index in [2.05, 4.69) is 25.8 Å². The number of nitrogens with one attached hydrogen (secondary N) is 2. The summed E-state index contributed by atoms with van der Waals surface area (Å²) in [6, 6.07) is 3.51. The molecule has 1 fully saturated rings. The van der Waals surface area contributed by atoms with E-state index in [1.807, 2.05) is 0 Å². The Hall–Kier alpha value is -2.39. The van der Waals surface area contributed by atoms with Crippen LogP contribution in [0.1, 0.15) is 16.1 Å². The first kappa shape index (κ1) is 17.4. The van der Waals surface area contributed by atoms with Crippen LogP contribution in [-0.4, -0.2) is 58.5 Å². The summed E-state index contributed by atoms with van der Waals surface area (Å²) in [7, 11) is 0. The molecule has 0 saturated carbocycles. The summed E-state index contributed by atoms with van der Waals surface area (Å²) in [6.45, 7) is 5.55. The third-order valence-corrected chi connectivity index (χ3v) is 4.06. The van der Waals surface area contributed by atoms with Crippen molar-refractivity contribution >= 4 is 5.91 Å². The van der Waals surface area contributed by atoms with Gasteiger partial charge in [-0.05, 0) is 17.7 Å². The van der Waals surface area contributed by atoms with Gasteiger partial charge in [-0.15, -0.1) is 5.10 Å². The molecule has 0 unspecified atom stereocenters. The molecule has 25 heavy (non-hydrogen) atoms. The fourth-order valence-corrected chi connectivity index (χ4v) is 2.61. The zero-order chi connectivity index (χ0) is 17.6. The van der Waals surface area contributed by atoms with Gasteiger partial charge in [0, 0.05) is 39.3 Å². The van der Waals surface area contributed by atoms with Crippen LogP contribution in [0, 0.1) is 11.6 Å². The topological polar surface area (TPSA) is 75.1 Å². The van der Waals surface area contributed by atoms with Crippen LogP contribution in [-0.2, 0) is 13.1 Å². The minimum atomic E-state index is -0.939. The lowest BCUT2D eigenvalue weighted by molar-refractivity contribution is 0.0945. The first-order valence-electron chi connectivity index (χ1n) is 8.17. The Morgan fingerprint density at radius 3 is 2.76 bits per heavy atom. The molecule has 3 rings (SSSR count). The lowest BCUT2D eigenvalue weighted by atomic mass is 10.2. The summed E-state index contributed by atoms with van der Waals surface area (Å²) in [4.78, 5) is 14.4. The van der Waals surface area contributed by atoms with Gasteiger partial charge in [-0.3, -0.25) is 14.4 Å². The summed E-state index contributed by atoms with van der Waals surface area (Å²) < 4.78 is 27.7. The number of carbonyl (C=O) groups is 1. The van der Waals surface area contributed by atoms with Crippen LogP contribution >= 0.6 is 0 Å². The Bertz CT molecular complexity index is 729. The Balaban J connectivity index is 1.49. The lowest BCUT2D eigenvalue weighted by Gasteiger charge is -2.26. The van der Waals surface area contributed by atoms with E-state index in [9.17, 15) is 13.6 Å². The number of rotatable bonds is 6. The molecule has 1 saturated heterocycles. The quantitative estimate of drug-likeness (QED) is 0.788. The molecule has 0 atom stereocenters. The number of carbonyl (C=O) groups excluding carboxylic acids is 1. The zero-order valence-corrected chi connectivity index (χ0v) is 13.7. The first-order valence-corrected chi connectivity index (χ1v) is 8.17. The first-order chi connectivity index (χ1) is 12.1. The fourth-order valence-electron chi connectivity index (χ4n) is 2.61. The molecule has 9 heteroatoms. The van der Waals surface area contributed by atoms with Crippen molar-refractivity contribution in [3.05, 3.63) is 47.3 Å². The molecule has 0 spiro atoms. The minimum absolute atomic E-state index is 0.0870. The van der Waals surface area contributed by atoms with Gasteiger partial charge >= 0.3 is 0 Å². The van der Waals surface area contributed by atoms with E-state index in [0.717, 1.165) is 44.9 Å². The highest BCUT2D eigenvalue weighted by Gasteiger charge is 2.13. The molecule has 1 aliphatic heterocycles. The molecule has 1 aromatic heterocycles. The molecule has 7 nitrogen and oxygen atoms in total. The van der Waals surface area contributed by atoms with Gasteiger partial charge in [0.05, 0.1) is 12.7 Å². The number of benzene rings is 1. The van der Waals surface area contributed by atoms with Crippen LogP contribution < -0.4 is 10.6 Å². The SMILES string of the molecule is O=C(NCc1ccc(F)c(F)c1)c1cn(CCN2CCNCC2)nn1. The third kappa shape index (κ3) is 4.80. The van der Waals surface area contributed by atoms with E-state index in [1.165, 1.54) is 6.07 Å². The average Bonchev–Trinajstić information content (AvgIpc) is 3.11. The van der Waals surface area contributed by atoms with Gasteiger partial charge < -0.3 is 10.6 Å². The number of hydrogen-bond acceptors (Lipinski definition) is 5. The largest absolute Gasteiger partial charge is 0.347 e. The predicted octanol–water partition coefficient (Wildman–Crippen LogP) is 0.391. The number of amides is 1. The molecular weight excluding hydrogens is 330 g/mol. The van der Waals surface area contributed by atoms with Gasteiger partial charge in [0.1, 0.15) is 0 Å². The van der Waals surface area contributed by atoms with Crippen molar-refractivity contribution in [1.82, 2.24) is 30.5 Å². The maximum absolute atomic E-state index is 13.1. The molecule has 0 radical (unpaired) electrons. The fraction of sp³-hybridized carbons (Fsp3) is 0.438. The summed E-state index contributed by atoms with van der Waals surface area (Å²) in [5, 5.41) is 13.7. The molecule has 0 aliphatic carbocycles. The smallest absolute Gasteiger partial charge is 0.273 e. The van der Waals surface area contributed by atoms with Crippen molar-refractivity contribution < 1.29 is 13.6 Å². The van der Waals surface area contributed by atoms with Gasteiger partial charge in [-0.1, -0.05) is 11.3 Å². The van der Waals surface area contributed by atoms with Crippen molar-refractivity contribution in [2.75, 3.05) is 32.7 Å². The van der Waals surface area contributed by atoms with Crippen molar-refractivity contribution in [2.24, 2.45) is 0 Å². The molecule has 1 amide bonds. The van der Waals surface area contributed by atoms with Gasteiger partial charge in [0.2, 0.25) is 0 Å². The van der Waals surface area contributed by atoms with Crippen molar-refractivity contribution in [3.63, 3.8) is 0 Å². The van der Waals surface area contributed by atoms with Crippen LogP contribution in [0.4, 0.5) is 8.78 Å². The Kier molecular flexibility index (Phi) is 5.67. The molecular formula is C16H20F2N6O. The maximum atomic E-state index is 13.1. The highest BCUT2D eigenvalue weighted by atomic mass is 19.2. The van der Waals surface area contributed by atoms with E-state index in [4.69, 9.17) is 0 Å². The molecule has 134 valence electrons. The third-order valence-electron chi connectivity index (χ3n) is 4.06. The van der Waals surface area contributed by atoms with Crippen LogP contribution in [0.15, 0.2) is 24.4 Å². The van der Waals surface area contributed by atoms with Crippen molar-refractivity contribution in [1.29, 1.82) is 0 Å². The normalized spacial score (nSPS) is 15.3. The van der Waals surface area contributed by atoms with Gasteiger partial charge in [0.25, 0.3) is 5.91 Å². The van der Waals surface area contributed by atoms with Crippen LogP contribution in [0.3, 0.4) is 0 Å². The van der Waals surface area contributed by atoms with Gasteiger partial charge in [0.15, 0.2) is 17.3 Å². The van der Waals surface area contributed by atoms with Crippen LogP contribution in [0.25, 0.3) is 0 Å². The van der Waals surface area contributed by atoms with E-state index >= 15 is 0 Å². The van der Waals surface area contributed by atoms with Crippen LogP contribution in [0.2, 0.25) is 0 Å². The summed E-state index contributed by atoms with van der Waals surface area (Å²) in [5.74, 6) is -2.26. The maximum Gasteiger partial charge on any atom is 0.273 e. The lowest BCUT2D eigenvalue weighted by Crippen LogP contribution is -2.44. The molecule has 2 N–H and O–H groups in total. The average molecular weight is 350 g/mol. The highest BCUT2D eigenvalue weighted by Crippen LogP contribution is 2.08. The Morgan fingerprint density at radius 2 is 2.00 bits per heavy atom. The zero-order valence-electron chi connectivity index (χ0n) is 13.7. The second-order valence-electron chi connectivity index (χ2n) is 5.89. The van der Waals surface area contributed by atoms with Gasteiger partial charge in [-0.2, -0.15) is 0 Å². The van der Waals surface area contributed by atoms with Crippen molar-refractivity contribution in [3.8, 4) is 0 Å². The molecule has 2 heterocycles. The van der Waals surface area contributed by atoms with Crippen molar-refractivity contribution in [2.45, 2.75) is 13.1 Å². The number of hydrogen-bond donors (Lipinski definition) is 2. The highest BCUT2D eigenvalue weighted by molar-refractivity contribution is 5.91. The number of aromatic nitrogens is 3. The number of nitrogens with zero attached hydrogens (tertiary/aromatic N) is 4. The molecule has 0 bridgehead atoms. The second-order valence-corrected chi connectivity index (χ2v) is 5.89. The molecule has 1 aromatic carbocycles. The standard InChI is InChI=1S/C16H20F2N6O/c17-13-2-1-12(9-14(13)18)10-20-16(25)15-11-24(22-21-15)8-7-23-5-3-19-4-6-23/h1-2,9,11,19H,3-8,10H2,(H,20,25). The molecule has 2 aromatic rings. The van der Waals surface area contributed by atoms with E-state index in [-0.39, 0.29) is 12.2 Å². The van der Waals surface area contributed by atoms with E-state index < -0.39 is 17.5 Å². The predicted molar refractivity (Wildman–Crippen MR) is 86.9 cm³/mol. The minimum Gasteiger partial charge on any atom is -0.347 e.